The van der Waals surface area contributed by atoms with Crippen LogP contribution < -0.4 is 0 Å². The number of aliphatic hydroxyl groups is 1. The highest BCUT2D eigenvalue weighted by atomic mass is 79.9. The van der Waals surface area contributed by atoms with E-state index in [1.54, 1.807) is 0 Å². The Morgan fingerprint density at radius 1 is 1.14 bits per heavy atom. The lowest BCUT2D eigenvalue weighted by Gasteiger charge is -2.59. The normalized spacial score (nSPS) is 57.9. The van der Waals surface area contributed by atoms with Crippen molar-refractivity contribution >= 4 is 21.7 Å². The molecular weight excluding hydrogens is 340 g/mol. The van der Waals surface area contributed by atoms with Crippen molar-refractivity contribution in [2.45, 2.75) is 69.7 Å². The summed E-state index contributed by atoms with van der Waals surface area (Å²) in [6.07, 6.45) is 9.92. The van der Waals surface area contributed by atoms with Gasteiger partial charge in [-0.3, -0.25) is 4.79 Å². The van der Waals surface area contributed by atoms with Gasteiger partial charge in [0.1, 0.15) is 0 Å². The van der Waals surface area contributed by atoms with Crippen LogP contribution in [0, 0.1) is 40.9 Å². The Balaban J connectivity index is 1.64. The maximum atomic E-state index is 12.7. The van der Waals surface area contributed by atoms with E-state index in [4.69, 9.17) is 0 Å². The van der Waals surface area contributed by atoms with Crippen molar-refractivity contribution in [3.63, 3.8) is 0 Å². The Kier molecular flexibility index (Phi) is 3.59. The molecule has 0 heterocycles. The summed E-state index contributed by atoms with van der Waals surface area (Å²) in [7, 11) is 0. The van der Waals surface area contributed by atoms with Crippen LogP contribution >= 0.6 is 15.9 Å². The molecule has 22 heavy (non-hydrogen) atoms. The fourth-order valence-corrected chi connectivity index (χ4v) is 7.67. The maximum absolute atomic E-state index is 12.7. The summed E-state index contributed by atoms with van der Waals surface area (Å²) < 4.78 is 0. The molecule has 0 aromatic heterocycles. The van der Waals surface area contributed by atoms with Gasteiger partial charge < -0.3 is 5.11 Å². The number of aliphatic hydroxyl groups excluding tert-OH is 1. The van der Waals surface area contributed by atoms with Crippen LogP contribution in [0.15, 0.2) is 0 Å². The topological polar surface area (TPSA) is 37.3 Å². The molecule has 1 radical (unpaired) electrons. The number of rotatable bonds is 0. The number of Topliss-reactive ketones (excluding diaryl/α,β-unsaturated/α-hetero) is 1. The minimum atomic E-state index is -0.191. The number of carbonyl (C=O) groups excluding carboxylic acids is 1. The largest absolute Gasteiger partial charge is 0.393 e. The zero-order valence-electron chi connectivity index (χ0n) is 13.7. The van der Waals surface area contributed by atoms with Gasteiger partial charge in [-0.05, 0) is 80.5 Å². The van der Waals surface area contributed by atoms with Crippen molar-refractivity contribution in [2.24, 2.45) is 34.5 Å². The van der Waals surface area contributed by atoms with E-state index in [1.807, 2.05) is 0 Å². The van der Waals surface area contributed by atoms with Crippen molar-refractivity contribution in [3.05, 3.63) is 6.42 Å². The number of hydrogen-bond donors (Lipinski definition) is 1. The van der Waals surface area contributed by atoms with Gasteiger partial charge in [-0.25, -0.2) is 0 Å². The van der Waals surface area contributed by atoms with Crippen molar-refractivity contribution in [2.75, 3.05) is 0 Å². The first-order chi connectivity index (χ1) is 10.4. The van der Waals surface area contributed by atoms with Gasteiger partial charge in [-0.2, -0.15) is 0 Å². The van der Waals surface area contributed by atoms with Gasteiger partial charge in [0, 0.05) is 5.41 Å². The highest BCUT2D eigenvalue weighted by Gasteiger charge is 2.61. The molecule has 1 unspecified atom stereocenters. The van der Waals surface area contributed by atoms with E-state index in [0.29, 0.717) is 23.0 Å². The number of ketones is 1. The Labute approximate surface area is 142 Å². The maximum Gasteiger partial charge on any atom is 0.152 e. The first-order valence-electron chi connectivity index (χ1n) is 9.08. The lowest BCUT2D eigenvalue weighted by atomic mass is 9.45. The second-order valence-electron chi connectivity index (χ2n) is 8.89. The predicted molar refractivity (Wildman–Crippen MR) is 90.5 cm³/mol. The van der Waals surface area contributed by atoms with Crippen LogP contribution in [0.5, 0.6) is 0 Å². The molecule has 1 N–H and O–H groups in total. The van der Waals surface area contributed by atoms with E-state index < -0.39 is 0 Å². The summed E-state index contributed by atoms with van der Waals surface area (Å²) in [4.78, 5) is 12.7. The van der Waals surface area contributed by atoms with Gasteiger partial charge in [-0.1, -0.05) is 29.8 Å². The van der Waals surface area contributed by atoms with Gasteiger partial charge in [-0.15, -0.1) is 0 Å². The zero-order valence-corrected chi connectivity index (χ0v) is 15.3. The summed E-state index contributed by atoms with van der Waals surface area (Å²) >= 11 is 3.65. The van der Waals surface area contributed by atoms with E-state index in [1.165, 1.54) is 19.3 Å². The number of carbonyl (C=O) groups is 1. The lowest BCUT2D eigenvalue weighted by molar-refractivity contribution is -0.137. The Morgan fingerprint density at radius 2 is 1.91 bits per heavy atom. The number of alkyl halides is 1. The Morgan fingerprint density at radius 3 is 2.68 bits per heavy atom. The molecule has 0 saturated heterocycles. The molecule has 0 aromatic rings. The first-order valence-corrected chi connectivity index (χ1v) is 9.99. The molecule has 123 valence electrons. The van der Waals surface area contributed by atoms with E-state index in [9.17, 15) is 9.90 Å². The molecule has 2 nitrogen and oxygen atoms in total. The first kappa shape index (κ1) is 15.6. The summed E-state index contributed by atoms with van der Waals surface area (Å²) in [5, 5.41) is 10.0. The third-order valence-electron chi connectivity index (χ3n) is 8.07. The van der Waals surface area contributed by atoms with E-state index in [0.717, 1.165) is 37.5 Å². The predicted octanol–water partition coefficient (Wildman–Crippen LogP) is 4.15. The number of fused-ring (bicyclic) bond motifs is 5. The SMILES string of the molecule is C[C@]12CC[C@H](O)[CH]C1CC[C@@H]1[C@@H]2CC[C@]2(C)C(=O)[C@H](Br)C[C@@H]12. The molecule has 0 bridgehead atoms. The summed E-state index contributed by atoms with van der Waals surface area (Å²) in [6, 6.07) is 0. The minimum Gasteiger partial charge on any atom is -0.393 e. The molecule has 0 aliphatic heterocycles. The Bertz CT molecular complexity index is 492. The van der Waals surface area contributed by atoms with Crippen LogP contribution in [0.3, 0.4) is 0 Å². The van der Waals surface area contributed by atoms with Crippen molar-refractivity contribution < 1.29 is 9.90 Å². The average Bonchev–Trinajstić information content (AvgIpc) is 2.72. The van der Waals surface area contributed by atoms with Crippen molar-refractivity contribution in [1.82, 2.24) is 0 Å². The molecule has 4 aliphatic rings. The molecule has 8 atom stereocenters. The van der Waals surface area contributed by atoms with Crippen LogP contribution in [0.25, 0.3) is 0 Å². The summed E-state index contributed by atoms with van der Waals surface area (Å²) in [6.45, 7) is 4.71. The fourth-order valence-electron chi connectivity index (χ4n) is 6.74. The number of halogens is 1. The molecule has 4 aliphatic carbocycles. The van der Waals surface area contributed by atoms with Gasteiger partial charge in [0.05, 0.1) is 10.9 Å². The molecule has 0 aromatic carbocycles. The second-order valence-corrected chi connectivity index (χ2v) is 9.99. The minimum absolute atomic E-state index is 0.0730. The van der Waals surface area contributed by atoms with Gasteiger partial charge in [0.25, 0.3) is 0 Å². The van der Waals surface area contributed by atoms with E-state index in [2.05, 4.69) is 36.2 Å². The third-order valence-corrected chi connectivity index (χ3v) is 8.86. The quantitative estimate of drug-likeness (QED) is 0.653. The molecule has 4 saturated carbocycles. The zero-order chi connectivity index (χ0) is 15.7. The smallest absolute Gasteiger partial charge is 0.152 e. The van der Waals surface area contributed by atoms with Gasteiger partial charge in [0.2, 0.25) is 0 Å². The third kappa shape index (κ3) is 1.97. The average molecular weight is 368 g/mol. The van der Waals surface area contributed by atoms with Gasteiger partial charge >= 0.3 is 0 Å². The second kappa shape index (κ2) is 5.05. The van der Waals surface area contributed by atoms with Crippen LogP contribution in [-0.2, 0) is 4.79 Å². The lowest BCUT2D eigenvalue weighted by Crippen LogP contribution is -2.54. The molecule has 0 amide bonds. The monoisotopic (exact) mass is 367 g/mol. The van der Waals surface area contributed by atoms with Crippen LogP contribution in [0.1, 0.15) is 58.8 Å². The summed E-state index contributed by atoms with van der Waals surface area (Å²) in [5.41, 5.74) is 0.285. The van der Waals surface area contributed by atoms with Gasteiger partial charge in [0.15, 0.2) is 5.78 Å². The van der Waals surface area contributed by atoms with Crippen LogP contribution in [-0.4, -0.2) is 21.8 Å². The van der Waals surface area contributed by atoms with Crippen molar-refractivity contribution in [1.29, 1.82) is 0 Å². The molecule has 0 spiro atoms. The Hall–Kier alpha value is 0.110. The van der Waals surface area contributed by atoms with Crippen molar-refractivity contribution in [3.8, 4) is 0 Å². The molecular formula is C19H28BrO2. The van der Waals surface area contributed by atoms with Crippen LogP contribution in [0.2, 0.25) is 0 Å². The van der Waals surface area contributed by atoms with E-state index in [-0.39, 0.29) is 16.3 Å². The highest BCUT2D eigenvalue weighted by molar-refractivity contribution is 9.10. The van der Waals surface area contributed by atoms with Crippen LogP contribution in [0.4, 0.5) is 0 Å². The number of hydrogen-bond acceptors (Lipinski definition) is 2. The molecule has 3 heteroatoms. The fraction of sp³-hybridized carbons (Fsp3) is 0.895. The van der Waals surface area contributed by atoms with E-state index >= 15 is 0 Å². The molecule has 4 fully saturated rings. The standard InChI is InChI=1S/C19H28BrO2/c1-18-7-5-12(21)9-11(18)3-4-13-14(18)6-8-19(2)15(13)10-16(20)17(19)22/h9,11-16,21H,3-8,10H2,1-2H3/t11?,12-,13+,14-,15-,16+,18-,19-/m0/s1. The highest BCUT2D eigenvalue weighted by Crippen LogP contribution is 2.65. The summed E-state index contributed by atoms with van der Waals surface area (Å²) in [5.74, 6) is 3.09. The molecule has 4 rings (SSSR count).